The maximum Gasteiger partial charge on any atom is 0.509 e. The van der Waals surface area contributed by atoms with Gasteiger partial charge >= 0.3 is 13.1 Å². The van der Waals surface area contributed by atoms with Crippen LogP contribution in [-0.4, -0.2) is 49.8 Å². The largest absolute Gasteiger partial charge is 0.509 e. The maximum absolute atomic E-state index is 13.5. The van der Waals surface area contributed by atoms with Gasteiger partial charge in [0.2, 0.25) is 0 Å². The van der Waals surface area contributed by atoms with E-state index in [1.165, 1.54) is 13.0 Å². The van der Waals surface area contributed by atoms with Crippen molar-refractivity contribution in [2.24, 2.45) is 0 Å². The number of amides is 1. The summed E-state index contributed by atoms with van der Waals surface area (Å²) in [6.45, 7) is 4.85. The Hall–Kier alpha value is -1.74. The van der Waals surface area contributed by atoms with E-state index in [4.69, 9.17) is 4.74 Å². The topological polar surface area (TPSA) is 53.6 Å². The molecule has 2 rings (SSSR count). The predicted molar refractivity (Wildman–Crippen MR) is 97.9 cm³/mol. The highest BCUT2D eigenvalue weighted by Crippen LogP contribution is 2.23. The van der Waals surface area contributed by atoms with Gasteiger partial charge in [-0.1, -0.05) is 11.6 Å². The molecule has 1 fully saturated rings. The van der Waals surface area contributed by atoms with Crippen LogP contribution in [0.4, 0.5) is 23.4 Å². The highest BCUT2D eigenvalue weighted by atomic mass is 19.4. The first-order valence-electron chi connectivity index (χ1n) is 8.72. The molecule has 0 unspecified atom stereocenters. The van der Waals surface area contributed by atoms with Crippen molar-refractivity contribution in [3.05, 3.63) is 23.3 Å². The Labute approximate surface area is 152 Å². The van der Waals surface area contributed by atoms with Crippen LogP contribution < -0.4 is 16.1 Å². The number of carbonyl (C=O) groups excluding carboxylic acids is 1. The van der Waals surface area contributed by atoms with Crippen molar-refractivity contribution in [3.63, 3.8) is 0 Å². The third kappa shape index (κ3) is 5.91. The number of anilines is 1. The number of benzene rings is 1. The molecule has 1 heterocycles. The van der Waals surface area contributed by atoms with Crippen molar-refractivity contribution >= 4 is 24.2 Å². The summed E-state index contributed by atoms with van der Waals surface area (Å²) in [6, 6.07) is 2.80. The van der Waals surface area contributed by atoms with Crippen molar-refractivity contribution < 1.29 is 22.5 Å². The van der Waals surface area contributed by atoms with Crippen molar-refractivity contribution in [1.29, 1.82) is 0 Å². The van der Waals surface area contributed by atoms with E-state index in [1.54, 1.807) is 26.8 Å². The molecule has 1 saturated heterocycles. The maximum atomic E-state index is 13.5. The smallest absolute Gasteiger partial charge is 0.445 e. The number of piperazine rings is 1. The van der Waals surface area contributed by atoms with E-state index >= 15 is 0 Å². The second-order valence-corrected chi connectivity index (χ2v) is 7.59. The van der Waals surface area contributed by atoms with Crippen molar-refractivity contribution in [2.45, 2.75) is 39.8 Å². The molecule has 0 spiro atoms. The van der Waals surface area contributed by atoms with Crippen LogP contribution in [0.3, 0.4) is 0 Å². The zero-order chi connectivity index (χ0) is 19.5. The lowest BCUT2D eigenvalue weighted by Crippen LogP contribution is -2.43. The Balaban J connectivity index is 2.29. The molecule has 2 N–H and O–H groups in total. The van der Waals surface area contributed by atoms with Gasteiger partial charge in [-0.3, -0.25) is 10.2 Å². The Morgan fingerprint density at radius 3 is 2.42 bits per heavy atom. The molecule has 0 saturated carbocycles. The first kappa shape index (κ1) is 20.6. The van der Waals surface area contributed by atoms with E-state index in [2.05, 4.69) is 15.5 Å². The Bertz CT molecular complexity index is 654. The molecule has 0 aliphatic carbocycles. The second-order valence-electron chi connectivity index (χ2n) is 7.59. The van der Waals surface area contributed by atoms with Crippen LogP contribution in [0.5, 0.6) is 0 Å². The van der Waals surface area contributed by atoms with Crippen LogP contribution in [0.25, 0.3) is 0 Å². The summed E-state index contributed by atoms with van der Waals surface area (Å²) >= 11 is 0. The molecular weight excluding hydrogens is 346 g/mol. The minimum absolute atomic E-state index is 0.00687. The van der Waals surface area contributed by atoms with Gasteiger partial charge in [-0.2, -0.15) is 0 Å². The van der Waals surface area contributed by atoms with Gasteiger partial charge in [-0.05, 0) is 39.3 Å². The number of rotatable bonds is 4. The van der Waals surface area contributed by atoms with Crippen LogP contribution in [-0.2, 0) is 11.3 Å². The van der Waals surface area contributed by atoms with Gasteiger partial charge in [0.1, 0.15) is 5.60 Å². The molecule has 26 heavy (non-hydrogen) atoms. The van der Waals surface area contributed by atoms with E-state index in [0.717, 1.165) is 26.2 Å². The summed E-state index contributed by atoms with van der Waals surface area (Å²) in [6.07, 6.45) is -0.763. The fourth-order valence-electron chi connectivity index (χ4n) is 2.90. The van der Waals surface area contributed by atoms with Crippen LogP contribution in [0.15, 0.2) is 12.1 Å². The fourth-order valence-corrected chi connectivity index (χ4v) is 2.90. The molecule has 0 bridgehead atoms. The lowest BCUT2D eigenvalue weighted by molar-refractivity contribution is 0.0635. The number of hydrogen-bond donors (Lipinski definition) is 2. The molecule has 1 aliphatic heterocycles. The second kappa shape index (κ2) is 7.88. The molecule has 9 heteroatoms. The molecule has 5 nitrogen and oxygen atoms in total. The highest BCUT2D eigenvalue weighted by molar-refractivity contribution is 6.74. The summed E-state index contributed by atoms with van der Waals surface area (Å²) in [4.78, 5) is 14.1. The van der Waals surface area contributed by atoms with E-state index in [9.17, 15) is 17.7 Å². The van der Waals surface area contributed by atoms with E-state index in [0.29, 0.717) is 12.1 Å². The quantitative estimate of drug-likeness (QED) is 0.799. The average molecular weight is 372 g/mol. The van der Waals surface area contributed by atoms with Crippen LogP contribution >= 0.6 is 0 Å². The van der Waals surface area contributed by atoms with E-state index < -0.39 is 24.1 Å². The molecule has 1 aliphatic rings. The summed E-state index contributed by atoms with van der Waals surface area (Å²) < 4.78 is 45.6. The lowest BCUT2D eigenvalue weighted by Gasteiger charge is -2.29. The Kier molecular flexibility index (Phi) is 6.23. The number of hydrogen-bond acceptors (Lipinski definition) is 4. The highest BCUT2D eigenvalue weighted by Gasteiger charge is 2.29. The van der Waals surface area contributed by atoms with Gasteiger partial charge in [0.25, 0.3) is 0 Å². The van der Waals surface area contributed by atoms with Crippen LogP contribution in [0.1, 0.15) is 31.9 Å². The van der Waals surface area contributed by atoms with Crippen molar-refractivity contribution in [3.8, 4) is 0 Å². The first-order chi connectivity index (χ1) is 12.0. The third-order valence-electron chi connectivity index (χ3n) is 4.11. The van der Waals surface area contributed by atoms with Gasteiger partial charge in [0.15, 0.2) is 0 Å². The molecule has 1 aromatic carbocycles. The van der Waals surface area contributed by atoms with Crippen molar-refractivity contribution in [1.82, 2.24) is 10.2 Å². The summed E-state index contributed by atoms with van der Waals surface area (Å²) in [7, 11) is 0. The molecular formula is C17H26BF3N3O2-. The average Bonchev–Trinajstić information content (AvgIpc) is 2.48. The zero-order valence-corrected chi connectivity index (χ0v) is 15.7. The van der Waals surface area contributed by atoms with Crippen molar-refractivity contribution in [2.75, 3.05) is 31.5 Å². The first-order valence-corrected chi connectivity index (χ1v) is 8.72. The molecule has 0 atom stereocenters. The summed E-state index contributed by atoms with van der Waals surface area (Å²) in [5.41, 5.74) is -0.734. The molecule has 1 aromatic rings. The molecule has 0 aromatic heterocycles. The van der Waals surface area contributed by atoms with E-state index in [1.807, 2.05) is 0 Å². The van der Waals surface area contributed by atoms with E-state index in [-0.39, 0.29) is 11.3 Å². The minimum Gasteiger partial charge on any atom is -0.445 e. The standard InChI is InChI=1S/C17H26BF3N3O2/c1-12-14(18(19,20)21)9-13(11-24-7-5-22-6-8-24)10-15(12)23-16(25)26-17(2,3)4/h9-10,22H,5-8,11H2,1-4H3,(H,23,25)/q-1. The normalized spacial score (nSPS) is 16.4. The SMILES string of the molecule is Cc1c(NC(=O)OC(C)(C)C)cc(CN2CCNCC2)cc1[B-](F)(F)F. The van der Waals surface area contributed by atoms with Gasteiger partial charge in [0, 0.05) is 38.4 Å². The number of halogens is 3. The third-order valence-corrected chi connectivity index (χ3v) is 4.11. The lowest BCUT2D eigenvalue weighted by atomic mass is 9.75. The summed E-state index contributed by atoms with van der Waals surface area (Å²) in [5, 5.41) is 5.69. The number of ether oxygens (including phenoxy) is 1. The molecule has 1 amide bonds. The Morgan fingerprint density at radius 1 is 1.27 bits per heavy atom. The van der Waals surface area contributed by atoms with Gasteiger partial charge in [-0.25, -0.2) is 4.79 Å². The van der Waals surface area contributed by atoms with Crippen LogP contribution in [0, 0.1) is 6.92 Å². The van der Waals surface area contributed by atoms with Crippen LogP contribution in [0.2, 0.25) is 0 Å². The fraction of sp³-hybridized carbons (Fsp3) is 0.588. The number of nitrogens with one attached hydrogen (secondary N) is 2. The minimum atomic E-state index is -5.18. The van der Waals surface area contributed by atoms with Gasteiger partial charge < -0.3 is 23.0 Å². The van der Waals surface area contributed by atoms with Gasteiger partial charge in [0.05, 0.1) is 0 Å². The monoisotopic (exact) mass is 372 g/mol. The molecule has 146 valence electrons. The Morgan fingerprint density at radius 2 is 1.88 bits per heavy atom. The predicted octanol–water partition coefficient (Wildman–Crippen LogP) is 2.80. The number of carbonyl (C=O) groups is 1. The number of nitrogens with zero attached hydrogens (tertiary/aromatic N) is 1. The molecule has 0 radical (unpaired) electrons. The zero-order valence-electron chi connectivity index (χ0n) is 15.7. The summed E-state index contributed by atoms with van der Waals surface area (Å²) in [5.74, 6) is 0. The van der Waals surface area contributed by atoms with Gasteiger partial charge in [-0.15, -0.1) is 5.46 Å².